The number of likely N-dealkylation sites (tertiary alicyclic amines) is 1. The maximum atomic E-state index is 5.16. The topological polar surface area (TPSA) is 42.3 Å². The molecular formula is C15H28N4O. The number of nitrogens with one attached hydrogen (secondary N) is 1. The zero-order valence-electron chi connectivity index (χ0n) is 12.8. The van der Waals surface area contributed by atoms with Crippen molar-refractivity contribution in [3.05, 3.63) is 18.0 Å². The molecule has 0 bridgehead atoms. The first-order chi connectivity index (χ1) is 9.81. The van der Waals surface area contributed by atoms with E-state index in [1.165, 1.54) is 25.9 Å². The fraction of sp³-hybridized carbons (Fsp3) is 0.800. The highest BCUT2D eigenvalue weighted by Crippen LogP contribution is 2.15. The molecule has 0 amide bonds. The van der Waals surface area contributed by atoms with E-state index in [9.17, 15) is 0 Å². The Morgan fingerprint density at radius 1 is 1.50 bits per heavy atom. The molecule has 1 aromatic heterocycles. The minimum atomic E-state index is 0.758. The lowest BCUT2D eigenvalue weighted by molar-refractivity contribution is 0.114. The lowest BCUT2D eigenvalue weighted by atomic mass is 9.98. The zero-order valence-corrected chi connectivity index (χ0v) is 12.8. The van der Waals surface area contributed by atoms with Crippen molar-refractivity contribution in [3.8, 4) is 0 Å². The number of rotatable bonds is 8. The van der Waals surface area contributed by atoms with Gasteiger partial charge in [0, 0.05) is 39.5 Å². The van der Waals surface area contributed by atoms with E-state index in [-0.39, 0.29) is 0 Å². The monoisotopic (exact) mass is 280 g/mol. The average Bonchev–Trinajstić information content (AvgIpc) is 2.93. The highest BCUT2D eigenvalue weighted by Gasteiger charge is 2.19. The lowest BCUT2D eigenvalue weighted by Gasteiger charge is -2.32. The molecule has 20 heavy (non-hydrogen) atoms. The Balaban J connectivity index is 1.65. The summed E-state index contributed by atoms with van der Waals surface area (Å²) in [5.74, 6) is 0.758. The Kier molecular flexibility index (Phi) is 6.50. The summed E-state index contributed by atoms with van der Waals surface area (Å²) in [7, 11) is 1.78. The molecule has 0 aromatic carbocycles. The number of piperidine rings is 1. The van der Waals surface area contributed by atoms with Crippen molar-refractivity contribution < 1.29 is 4.74 Å². The van der Waals surface area contributed by atoms with E-state index in [0.717, 1.165) is 44.4 Å². The van der Waals surface area contributed by atoms with Gasteiger partial charge in [0.1, 0.15) is 0 Å². The summed E-state index contributed by atoms with van der Waals surface area (Å²) in [4.78, 5) is 2.52. The molecule has 5 heteroatoms. The smallest absolute Gasteiger partial charge is 0.0762 e. The van der Waals surface area contributed by atoms with E-state index in [1.54, 1.807) is 7.11 Å². The van der Waals surface area contributed by atoms with Crippen LogP contribution in [0.25, 0.3) is 0 Å². The van der Waals surface area contributed by atoms with E-state index in [2.05, 4.69) is 28.3 Å². The van der Waals surface area contributed by atoms with Crippen molar-refractivity contribution in [2.24, 2.45) is 5.92 Å². The van der Waals surface area contributed by atoms with Gasteiger partial charge in [-0.3, -0.25) is 4.68 Å². The first-order valence-corrected chi connectivity index (χ1v) is 7.76. The predicted molar refractivity (Wildman–Crippen MR) is 80.6 cm³/mol. The Bertz CT molecular complexity index is 380. The fourth-order valence-corrected chi connectivity index (χ4v) is 2.82. The van der Waals surface area contributed by atoms with Gasteiger partial charge in [-0.25, -0.2) is 0 Å². The number of hydrogen-bond acceptors (Lipinski definition) is 4. The average molecular weight is 280 g/mol. The Hall–Kier alpha value is -0.910. The van der Waals surface area contributed by atoms with Crippen LogP contribution in [0.2, 0.25) is 0 Å². The second kappa shape index (κ2) is 8.39. The number of hydrogen-bond donors (Lipinski definition) is 1. The maximum absolute atomic E-state index is 5.16. The van der Waals surface area contributed by atoms with E-state index in [0.29, 0.717) is 0 Å². The van der Waals surface area contributed by atoms with E-state index in [1.807, 2.05) is 10.9 Å². The van der Waals surface area contributed by atoms with Crippen LogP contribution < -0.4 is 5.32 Å². The standard InChI is InChI=1S/C15H28N4O/c1-3-19-8-6-15(17-19)12-16-11-14-5-4-7-18(13-14)9-10-20-2/h6,8,14,16H,3-5,7,9-13H2,1-2H3. The first kappa shape index (κ1) is 15.5. The molecule has 0 radical (unpaired) electrons. The third-order valence-electron chi connectivity index (χ3n) is 3.97. The minimum Gasteiger partial charge on any atom is -0.383 e. The molecule has 1 atom stereocenters. The van der Waals surface area contributed by atoms with Gasteiger partial charge < -0.3 is 15.0 Å². The zero-order chi connectivity index (χ0) is 14.2. The normalized spacial score (nSPS) is 20.4. The van der Waals surface area contributed by atoms with Gasteiger partial charge in [-0.2, -0.15) is 5.10 Å². The third-order valence-corrected chi connectivity index (χ3v) is 3.97. The quantitative estimate of drug-likeness (QED) is 0.780. The molecule has 2 heterocycles. The van der Waals surface area contributed by atoms with Gasteiger partial charge in [-0.15, -0.1) is 0 Å². The second-order valence-electron chi connectivity index (χ2n) is 5.60. The van der Waals surface area contributed by atoms with Crippen molar-refractivity contribution in [3.63, 3.8) is 0 Å². The van der Waals surface area contributed by atoms with E-state index >= 15 is 0 Å². The number of aromatic nitrogens is 2. The molecule has 1 unspecified atom stereocenters. The highest BCUT2D eigenvalue weighted by molar-refractivity contribution is 4.98. The van der Waals surface area contributed by atoms with Crippen molar-refractivity contribution in [1.82, 2.24) is 20.0 Å². The summed E-state index contributed by atoms with van der Waals surface area (Å²) in [6.45, 7) is 9.34. The van der Waals surface area contributed by atoms with Gasteiger partial charge in [0.25, 0.3) is 0 Å². The van der Waals surface area contributed by atoms with Gasteiger partial charge in [0.05, 0.1) is 12.3 Å². The number of nitrogens with zero attached hydrogens (tertiary/aromatic N) is 3. The highest BCUT2D eigenvalue weighted by atomic mass is 16.5. The molecule has 1 fully saturated rings. The summed E-state index contributed by atoms with van der Waals surface area (Å²) in [5.41, 5.74) is 1.14. The summed E-state index contributed by atoms with van der Waals surface area (Å²) >= 11 is 0. The van der Waals surface area contributed by atoms with Crippen LogP contribution in [0.4, 0.5) is 0 Å². The first-order valence-electron chi connectivity index (χ1n) is 7.76. The van der Waals surface area contributed by atoms with Crippen LogP contribution >= 0.6 is 0 Å². The molecule has 5 nitrogen and oxygen atoms in total. The minimum absolute atomic E-state index is 0.758. The number of ether oxygens (including phenoxy) is 1. The predicted octanol–water partition coefficient (Wildman–Crippen LogP) is 1.35. The third kappa shape index (κ3) is 4.89. The van der Waals surface area contributed by atoms with Crippen LogP contribution in [0.5, 0.6) is 0 Å². The Labute approximate surface area is 122 Å². The molecule has 1 aliphatic heterocycles. The molecule has 2 rings (SSSR count). The molecule has 1 saturated heterocycles. The molecule has 1 aromatic rings. The Morgan fingerprint density at radius 3 is 3.15 bits per heavy atom. The van der Waals surface area contributed by atoms with Crippen LogP contribution in [0.3, 0.4) is 0 Å². The van der Waals surface area contributed by atoms with Gasteiger partial charge in [0.15, 0.2) is 0 Å². The van der Waals surface area contributed by atoms with Crippen molar-refractivity contribution >= 4 is 0 Å². The summed E-state index contributed by atoms with van der Waals surface area (Å²) in [5, 5.41) is 8.05. The van der Waals surface area contributed by atoms with Crippen LogP contribution in [0.1, 0.15) is 25.5 Å². The van der Waals surface area contributed by atoms with E-state index < -0.39 is 0 Å². The summed E-state index contributed by atoms with van der Waals surface area (Å²) in [6, 6.07) is 2.10. The maximum Gasteiger partial charge on any atom is 0.0762 e. The van der Waals surface area contributed by atoms with Gasteiger partial charge in [-0.05, 0) is 44.8 Å². The van der Waals surface area contributed by atoms with Crippen LogP contribution in [0.15, 0.2) is 12.3 Å². The van der Waals surface area contributed by atoms with Gasteiger partial charge in [-0.1, -0.05) is 0 Å². The molecule has 0 aliphatic carbocycles. The van der Waals surface area contributed by atoms with Crippen LogP contribution in [-0.2, 0) is 17.8 Å². The lowest BCUT2D eigenvalue weighted by Crippen LogP contribution is -2.40. The van der Waals surface area contributed by atoms with Crippen LogP contribution in [-0.4, -0.2) is 54.6 Å². The van der Waals surface area contributed by atoms with E-state index in [4.69, 9.17) is 4.74 Å². The number of methoxy groups -OCH3 is 1. The van der Waals surface area contributed by atoms with Crippen LogP contribution in [0, 0.1) is 5.92 Å². The second-order valence-corrected chi connectivity index (χ2v) is 5.60. The van der Waals surface area contributed by atoms with Crippen molar-refractivity contribution in [2.45, 2.75) is 32.9 Å². The molecule has 1 N–H and O–H groups in total. The fourth-order valence-electron chi connectivity index (χ4n) is 2.82. The molecule has 114 valence electrons. The molecule has 1 aliphatic rings. The van der Waals surface area contributed by atoms with Crippen molar-refractivity contribution in [1.29, 1.82) is 0 Å². The number of aryl methyl sites for hydroxylation is 1. The molecule has 0 spiro atoms. The largest absolute Gasteiger partial charge is 0.383 e. The summed E-state index contributed by atoms with van der Waals surface area (Å²) < 4.78 is 7.14. The van der Waals surface area contributed by atoms with Gasteiger partial charge >= 0.3 is 0 Å². The molecular weight excluding hydrogens is 252 g/mol. The summed E-state index contributed by atoms with van der Waals surface area (Å²) in [6.07, 6.45) is 4.69. The van der Waals surface area contributed by atoms with Crippen molar-refractivity contribution in [2.75, 3.05) is 39.9 Å². The van der Waals surface area contributed by atoms with Gasteiger partial charge in [0.2, 0.25) is 0 Å². The Morgan fingerprint density at radius 2 is 2.40 bits per heavy atom. The SMILES string of the molecule is CCn1ccc(CNCC2CCCN(CCOC)C2)n1. The molecule has 0 saturated carbocycles.